The van der Waals surface area contributed by atoms with E-state index in [0.29, 0.717) is 26.2 Å². The summed E-state index contributed by atoms with van der Waals surface area (Å²) in [7, 11) is 0. The van der Waals surface area contributed by atoms with Crippen LogP contribution < -0.4 is 5.73 Å². The van der Waals surface area contributed by atoms with Gasteiger partial charge in [0.2, 0.25) is 5.91 Å². The number of aryl methyl sites for hydroxylation is 1. The Hall–Kier alpha value is -1.11. The Morgan fingerprint density at radius 3 is 2.17 bits per heavy atom. The largest absolute Gasteiger partial charge is 0.338 e. The number of thiophene rings is 1. The van der Waals surface area contributed by atoms with Crippen LogP contribution in [0.5, 0.6) is 0 Å². The fraction of sp³-hybridized carbons (Fsp3) is 0.625. The fourth-order valence-corrected chi connectivity index (χ4v) is 4.19. The molecule has 1 aliphatic carbocycles. The minimum Gasteiger partial charge on any atom is -0.338 e. The van der Waals surface area contributed by atoms with Crippen LogP contribution >= 0.6 is 23.7 Å². The van der Waals surface area contributed by atoms with Gasteiger partial charge in [0.05, 0.1) is 10.4 Å². The van der Waals surface area contributed by atoms with Gasteiger partial charge in [0, 0.05) is 31.1 Å². The van der Waals surface area contributed by atoms with E-state index in [9.17, 15) is 9.59 Å². The van der Waals surface area contributed by atoms with Crippen LogP contribution in [0.4, 0.5) is 0 Å². The molecule has 1 aliphatic heterocycles. The summed E-state index contributed by atoms with van der Waals surface area (Å²) in [6.07, 6.45) is 3.66. The third kappa shape index (κ3) is 3.70. The van der Waals surface area contributed by atoms with Crippen molar-refractivity contribution in [1.82, 2.24) is 9.80 Å². The average molecular weight is 358 g/mol. The first kappa shape index (κ1) is 18.2. The van der Waals surface area contributed by atoms with Crippen molar-refractivity contribution in [3.05, 3.63) is 21.9 Å². The number of nitrogens with zero attached hydrogens (tertiary/aromatic N) is 2. The van der Waals surface area contributed by atoms with Crippen molar-refractivity contribution in [1.29, 1.82) is 0 Å². The van der Waals surface area contributed by atoms with Crippen LogP contribution in [0.1, 0.15) is 40.2 Å². The second-order valence-electron chi connectivity index (χ2n) is 6.36. The predicted molar refractivity (Wildman–Crippen MR) is 94.2 cm³/mol. The molecule has 1 saturated carbocycles. The average Bonchev–Trinajstić information content (AvgIpc) is 3.15. The monoisotopic (exact) mass is 357 g/mol. The second-order valence-corrected chi connectivity index (χ2v) is 7.65. The molecule has 23 heavy (non-hydrogen) atoms. The third-order valence-electron chi connectivity index (χ3n) is 4.73. The van der Waals surface area contributed by atoms with Gasteiger partial charge in [-0.1, -0.05) is 12.8 Å². The molecule has 3 rings (SSSR count). The zero-order valence-corrected chi connectivity index (χ0v) is 15.0. The molecular weight excluding hydrogens is 334 g/mol. The summed E-state index contributed by atoms with van der Waals surface area (Å²) in [5.74, 6) is 0.151. The molecule has 1 aromatic heterocycles. The van der Waals surface area contributed by atoms with E-state index in [1.807, 2.05) is 28.9 Å². The summed E-state index contributed by atoms with van der Waals surface area (Å²) in [6, 6.07) is 3.85. The first-order valence-corrected chi connectivity index (χ1v) is 8.75. The molecule has 2 fully saturated rings. The predicted octanol–water partition coefficient (Wildman–Crippen LogP) is 2.03. The van der Waals surface area contributed by atoms with Gasteiger partial charge in [0.25, 0.3) is 5.91 Å². The minimum atomic E-state index is -0.656. The van der Waals surface area contributed by atoms with Crippen molar-refractivity contribution < 1.29 is 9.59 Å². The van der Waals surface area contributed by atoms with Gasteiger partial charge < -0.3 is 15.5 Å². The number of amides is 2. The van der Waals surface area contributed by atoms with E-state index < -0.39 is 5.54 Å². The summed E-state index contributed by atoms with van der Waals surface area (Å²) in [4.78, 5) is 30.6. The molecular formula is C16H24ClN3O2S. The van der Waals surface area contributed by atoms with Gasteiger partial charge in [0.15, 0.2) is 0 Å². The zero-order valence-electron chi connectivity index (χ0n) is 13.4. The molecule has 5 nitrogen and oxygen atoms in total. The Balaban J connectivity index is 0.00000192. The Kier molecular flexibility index (Phi) is 5.70. The van der Waals surface area contributed by atoms with Gasteiger partial charge in [-0.15, -0.1) is 23.7 Å². The highest BCUT2D eigenvalue weighted by molar-refractivity contribution is 7.13. The van der Waals surface area contributed by atoms with E-state index in [1.54, 1.807) is 0 Å². The van der Waals surface area contributed by atoms with Crippen LogP contribution in [0.3, 0.4) is 0 Å². The number of rotatable bonds is 2. The molecule has 7 heteroatoms. The van der Waals surface area contributed by atoms with E-state index in [0.717, 1.165) is 35.4 Å². The van der Waals surface area contributed by atoms with E-state index in [1.165, 1.54) is 11.3 Å². The lowest BCUT2D eigenvalue weighted by molar-refractivity contribution is -0.138. The molecule has 2 heterocycles. The Bertz CT molecular complexity index is 576. The summed E-state index contributed by atoms with van der Waals surface area (Å²) in [5.41, 5.74) is 5.60. The molecule has 128 valence electrons. The third-order valence-corrected chi connectivity index (χ3v) is 5.72. The molecule has 1 saturated heterocycles. The van der Waals surface area contributed by atoms with Crippen LogP contribution in [0.2, 0.25) is 0 Å². The maximum absolute atomic E-state index is 12.6. The summed E-state index contributed by atoms with van der Waals surface area (Å²) >= 11 is 1.52. The minimum absolute atomic E-state index is 0. The first-order chi connectivity index (χ1) is 10.5. The maximum atomic E-state index is 12.6. The Morgan fingerprint density at radius 2 is 1.65 bits per heavy atom. The number of halogens is 1. The maximum Gasteiger partial charge on any atom is 0.264 e. The number of hydrogen-bond acceptors (Lipinski definition) is 4. The van der Waals surface area contributed by atoms with Crippen molar-refractivity contribution >= 4 is 35.6 Å². The molecule has 0 unspecified atom stereocenters. The van der Waals surface area contributed by atoms with E-state index in [-0.39, 0.29) is 24.2 Å². The highest BCUT2D eigenvalue weighted by Crippen LogP contribution is 2.29. The van der Waals surface area contributed by atoms with Gasteiger partial charge in [-0.3, -0.25) is 9.59 Å². The highest BCUT2D eigenvalue weighted by atomic mass is 35.5. The van der Waals surface area contributed by atoms with Gasteiger partial charge >= 0.3 is 0 Å². The van der Waals surface area contributed by atoms with Crippen molar-refractivity contribution in [2.45, 2.75) is 38.1 Å². The van der Waals surface area contributed by atoms with Crippen molar-refractivity contribution in [2.75, 3.05) is 26.2 Å². The van der Waals surface area contributed by atoms with Gasteiger partial charge in [-0.2, -0.15) is 0 Å². The van der Waals surface area contributed by atoms with Crippen molar-refractivity contribution in [3.63, 3.8) is 0 Å². The molecule has 2 aliphatic rings. The smallest absolute Gasteiger partial charge is 0.264 e. The molecule has 1 aromatic rings. The summed E-state index contributed by atoms with van der Waals surface area (Å²) < 4.78 is 0. The zero-order chi connectivity index (χ0) is 15.7. The topological polar surface area (TPSA) is 66.6 Å². The normalized spacial score (nSPS) is 20.3. The molecule has 0 spiro atoms. The van der Waals surface area contributed by atoms with Gasteiger partial charge in [0.1, 0.15) is 0 Å². The number of nitrogens with two attached hydrogens (primary N) is 1. The van der Waals surface area contributed by atoms with Gasteiger partial charge in [-0.05, 0) is 31.9 Å². The Labute approximate surface area is 147 Å². The van der Waals surface area contributed by atoms with Crippen LogP contribution in [0, 0.1) is 6.92 Å². The van der Waals surface area contributed by atoms with Crippen LogP contribution in [-0.2, 0) is 4.79 Å². The Morgan fingerprint density at radius 1 is 1.09 bits per heavy atom. The molecule has 0 atom stereocenters. The van der Waals surface area contributed by atoms with Gasteiger partial charge in [-0.25, -0.2) is 0 Å². The lowest BCUT2D eigenvalue weighted by Gasteiger charge is -2.38. The molecule has 0 aromatic carbocycles. The summed E-state index contributed by atoms with van der Waals surface area (Å²) in [5, 5.41) is 0. The summed E-state index contributed by atoms with van der Waals surface area (Å²) in [6.45, 7) is 4.37. The number of carbonyl (C=O) groups is 2. The molecule has 2 N–H and O–H groups in total. The van der Waals surface area contributed by atoms with Crippen LogP contribution in [0.25, 0.3) is 0 Å². The van der Waals surface area contributed by atoms with E-state index >= 15 is 0 Å². The lowest BCUT2D eigenvalue weighted by Crippen LogP contribution is -2.59. The SMILES string of the molecule is Cc1ccc(C(=O)N2CCN(C(=O)C3(N)CCCC3)CC2)s1.Cl. The van der Waals surface area contributed by atoms with Crippen LogP contribution in [-0.4, -0.2) is 53.3 Å². The first-order valence-electron chi connectivity index (χ1n) is 7.94. The second kappa shape index (κ2) is 7.20. The molecule has 0 bridgehead atoms. The fourth-order valence-electron chi connectivity index (χ4n) is 3.35. The number of piperazine rings is 1. The lowest BCUT2D eigenvalue weighted by atomic mass is 9.97. The van der Waals surface area contributed by atoms with Crippen LogP contribution in [0.15, 0.2) is 12.1 Å². The van der Waals surface area contributed by atoms with E-state index in [4.69, 9.17) is 5.73 Å². The number of carbonyl (C=O) groups excluding carboxylic acids is 2. The van der Waals surface area contributed by atoms with Crippen molar-refractivity contribution in [2.24, 2.45) is 5.73 Å². The van der Waals surface area contributed by atoms with Crippen molar-refractivity contribution in [3.8, 4) is 0 Å². The highest BCUT2D eigenvalue weighted by Gasteiger charge is 2.40. The quantitative estimate of drug-likeness (QED) is 0.880. The number of hydrogen-bond donors (Lipinski definition) is 1. The van der Waals surface area contributed by atoms with E-state index in [2.05, 4.69) is 0 Å². The standard InChI is InChI=1S/C16H23N3O2S.ClH/c1-12-4-5-13(22-12)14(20)18-8-10-19(11-9-18)15(21)16(17)6-2-3-7-16;/h4-5H,2-3,6-11,17H2,1H3;1H. The molecule has 2 amide bonds. The molecule has 0 radical (unpaired) electrons.